The van der Waals surface area contributed by atoms with Crippen LogP contribution in [-0.2, 0) is 6.54 Å². The summed E-state index contributed by atoms with van der Waals surface area (Å²) in [6, 6.07) is 19.9. The highest BCUT2D eigenvalue weighted by Gasteiger charge is 2.16. The van der Waals surface area contributed by atoms with Gasteiger partial charge in [0.2, 0.25) is 0 Å². The average Bonchev–Trinajstić information content (AvgIpc) is 3.15. The van der Waals surface area contributed by atoms with Gasteiger partial charge in [-0.25, -0.2) is 0 Å². The second kappa shape index (κ2) is 7.82. The highest BCUT2D eigenvalue weighted by atomic mass is 16.3. The molecule has 0 aliphatic heterocycles. The minimum atomic E-state index is -0.201. The summed E-state index contributed by atoms with van der Waals surface area (Å²) in [7, 11) is 2.04. The minimum absolute atomic E-state index is 0.201. The third kappa shape index (κ3) is 3.75. The minimum Gasteiger partial charge on any atom is -0.450 e. The van der Waals surface area contributed by atoms with Crippen LogP contribution in [0.5, 0.6) is 0 Å². The normalized spacial score (nSPS) is 11.4. The van der Waals surface area contributed by atoms with E-state index >= 15 is 0 Å². The lowest BCUT2D eigenvalue weighted by Gasteiger charge is -2.16. The van der Waals surface area contributed by atoms with E-state index in [1.807, 2.05) is 56.4 Å². The summed E-state index contributed by atoms with van der Waals surface area (Å²) in [5.74, 6) is 0.120. The van der Waals surface area contributed by atoms with E-state index in [9.17, 15) is 4.79 Å². The van der Waals surface area contributed by atoms with Gasteiger partial charge in [0.25, 0.3) is 5.91 Å². The Morgan fingerprint density at radius 2 is 1.82 bits per heavy atom. The van der Waals surface area contributed by atoms with Crippen molar-refractivity contribution in [1.82, 2.24) is 15.2 Å². The predicted molar refractivity (Wildman–Crippen MR) is 111 cm³/mol. The van der Waals surface area contributed by atoms with Gasteiger partial charge in [-0.1, -0.05) is 42.5 Å². The van der Waals surface area contributed by atoms with E-state index in [-0.39, 0.29) is 5.91 Å². The third-order valence-electron chi connectivity index (χ3n) is 4.86. The maximum Gasteiger partial charge on any atom is 0.287 e. The summed E-state index contributed by atoms with van der Waals surface area (Å²) in [4.78, 5) is 19.3. The van der Waals surface area contributed by atoms with Crippen molar-refractivity contribution in [3.63, 3.8) is 0 Å². The van der Waals surface area contributed by atoms with Gasteiger partial charge in [0.15, 0.2) is 5.76 Å². The van der Waals surface area contributed by atoms with Crippen molar-refractivity contribution in [1.29, 1.82) is 0 Å². The molecule has 0 radical (unpaired) electrons. The Balaban J connectivity index is 1.43. The zero-order valence-electron chi connectivity index (χ0n) is 16.1. The van der Waals surface area contributed by atoms with Gasteiger partial charge in [-0.3, -0.25) is 9.78 Å². The Labute approximate surface area is 164 Å². The number of likely N-dealkylation sites (N-methyl/N-ethyl adjacent to an activating group) is 1. The zero-order valence-corrected chi connectivity index (χ0v) is 16.1. The Hall–Kier alpha value is -3.18. The monoisotopic (exact) mass is 373 g/mol. The second-order valence-electron chi connectivity index (χ2n) is 7.05. The molecule has 0 atom stereocenters. The Morgan fingerprint density at radius 1 is 1.07 bits per heavy atom. The molecule has 28 heavy (non-hydrogen) atoms. The first-order valence-corrected chi connectivity index (χ1v) is 9.41. The summed E-state index contributed by atoms with van der Waals surface area (Å²) < 4.78 is 5.91. The van der Waals surface area contributed by atoms with Gasteiger partial charge in [-0.2, -0.15) is 0 Å². The number of fused-ring (bicyclic) bond motifs is 3. The number of furan rings is 1. The third-order valence-corrected chi connectivity index (χ3v) is 4.86. The summed E-state index contributed by atoms with van der Waals surface area (Å²) >= 11 is 0. The lowest BCUT2D eigenvalue weighted by Crippen LogP contribution is -2.32. The molecule has 0 saturated carbocycles. The van der Waals surface area contributed by atoms with Crippen molar-refractivity contribution in [2.45, 2.75) is 13.5 Å². The molecular weight excluding hydrogens is 350 g/mol. The summed E-state index contributed by atoms with van der Waals surface area (Å²) in [6.45, 7) is 4.09. The van der Waals surface area contributed by atoms with Gasteiger partial charge in [0.05, 0.1) is 5.52 Å². The first-order valence-electron chi connectivity index (χ1n) is 9.41. The SMILES string of the molecule is Cc1nc2ccccc2c2oc(C(=O)NCCN(C)Cc3ccccc3)cc12. The smallest absolute Gasteiger partial charge is 0.287 e. The van der Waals surface area contributed by atoms with Crippen molar-refractivity contribution in [2.75, 3.05) is 20.1 Å². The fourth-order valence-electron chi connectivity index (χ4n) is 3.40. The Kier molecular flexibility index (Phi) is 5.08. The number of rotatable bonds is 6. The maximum atomic E-state index is 12.6. The molecular formula is C23H23N3O2. The largest absolute Gasteiger partial charge is 0.450 e. The number of nitrogens with zero attached hydrogens (tertiary/aromatic N) is 2. The highest BCUT2D eigenvalue weighted by Crippen LogP contribution is 2.29. The standard InChI is InChI=1S/C23H23N3O2/c1-16-19-14-21(28-22(19)18-10-6-7-11-20(18)25-16)23(27)24-12-13-26(2)15-17-8-4-3-5-9-17/h3-11,14H,12-13,15H2,1-2H3,(H,24,27). The van der Waals surface area contributed by atoms with E-state index in [4.69, 9.17) is 4.42 Å². The van der Waals surface area contributed by atoms with Crippen molar-refractivity contribution >= 4 is 27.8 Å². The van der Waals surface area contributed by atoms with E-state index < -0.39 is 0 Å². The van der Waals surface area contributed by atoms with Gasteiger partial charge < -0.3 is 14.6 Å². The van der Waals surface area contributed by atoms with E-state index in [1.165, 1.54) is 5.56 Å². The number of nitrogens with one attached hydrogen (secondary N) is 1. The molecule has 142 valence electrons. The Morgan fingerprint density at radius 3 is 2.64 bits per heavy atom. The van der Waals surface area contributed by atoms with Crippen LogP contribution in [0.25, 0.3) is 21.9 Å². The first-order chi connectivity index (χ1) is 13.6. The number of benzene rings is 2. The molecule has 2 heterocycles. The number of carbonyl (C=O) groups is 1. The number of carbonyl (C=O) groups excluding carboxylic acids is 1. The summed E-state index contributed by atoms with van der Waals surface area (Å²) in [5, 5.41) is 4.75. The van der Waals surface area contributed by atoms with Crippen molar-refractivity contribution in [2.24, 2.45) is 0 Å². The van der Waals surface area contributed by atoms with Crippen molar-refractivity contribution in [3.05, 3.63) is 77.7 Å². The molecule has 4 aromatic rings. The van der Waals surface area contributed by atoms with Crippen LogP contribution >= 0.6 is 0 Å². The number of aromatic nitrogens is 1. The molecule has 5 heteroatoms. The number of aryl methyl sites for hydroxylation is 1. The van der Waals surface area contributed by atoms with E-state index in [1.54, 1.807) is 6.07 Å². The maximum absolute atomic E-state index is 12.6. The van der Waals surface area contributed by atoms with E-state index in [0.717, 1.165) is 40.7 Å². The Bertz CT molecular complexity index is 1120. The number of hydrogen-bond donors (Lipinski definition) is 1. The predicted octanol–water partition coefficient (Wildman–Crippen LogP) is 4.15. The van der Waals surface area contributed by atoms with Crippen LogP contribution in [0.3, 0.4) is 0 Å². The van der Waals surface area contributed by atoms with Gasteiger partial charge in [-0.05, 0) is 37.7 Å². The van der Waals surface area contributed by atoms with Gasteiger partial charge >= 0.3 is 0 Å². The van der Waals surface area contributed by atoms with Crippen molar-refractivity contribution in [3.8, 4) is 0 Å². The van der Waals surface area contributed by atoms with Crippen LogP contribution in [0.4, 0.5) is 0 Å². The number of hydrogen-bond acceptors (Lipinski definition) is 4. The molecule has 1 N–H and O–H groups in total. The molecule has 0 aliphatic carbocycles. The number of amides is 1. The highest BCUT2D eigenvalue weighted by molar-refractivity contribution is 6.06. The molecule has 5 nitrogen and oxygen atoms in total. The number of pyridine rings is 1. The van der Waals surface area contributed by atoms with Gasteiger partial charge in [0, 0.05) is 36.1 Å². The van der Waals surface area contributed by atoms with Crippen LogP contribution in [0.2, 0.25) is 0 Å². The molecule has 2 aromatic carbocycles. The molecule has 0 unspecified atom stereocenters. The topological polar surface area (TPSA) is 58.4 Å². The van der Waals surface area contributed by atoms with Gasteiger partial charge in [-0.15, -0.1) is 0 Å². The van der Waals surface area contributed by atoms with E-state index in [0.29, 0.717) is 12.3 Å². The molecule has 0 fully saturated rings. The lowest BCUT2D eigenvalue weighted by molar-refractivity contribution is 0.0924. The van der Waals surface area contributed by atoms with Gasteiger partial charge in [0.1, 0.15) is 5.58 Å². The van der Waals surface area contributed by atoms with Crippen LogP contribution in [-0.4, -0.2) is 35.9 Å². The molecule has 2 aromatic heterocycles. The molecule has 4 rings (SSSR count). The molecule has 0 bridgehead atoms. The summed E-state index contributed by atoms with van der Waals surface area (Å²) in [6.07, 6.45) is 0. The van der Waals surface area contributed by atoms with Crippen LogP contribution in [0.1, 0.15) is 21.8 Å². The fraction of sp³-hybridized carbons (Fsp3) is 0.217. The van der Waals surface area contributed by atoms with Crippen molar-refractivity contribution < 1.29 is 9.21 Å². The van der Waals surface area contributed by atoms with Crippen LogP contribution < -0.4 is 5.32 Å². The second-order valence-corrected chi connectivity index (χ2v) is 7.05. The van der Waals surface area contributed by atoms with Crippen LogP contribution in [0.15, 0.2) is 65.1 Å². The number of para-hydroxylation sites is 1. The molecule has 1 amide bonds. The first kappa shape index (κ1) is 18.2. The lowest BCUT2D eigenvalue weighted by atomic mass is 10.1. The molecule has 0 aliphatic rings. The van der Waals surface area contributed by atoms with E-state index in [2.05, 4.69) is 27.3 Å². The quantitative estimate of drug-likeness (QED) is 0.552. The molecule has 0 spiro atoms. The van der Waals surface area contributed by atoms with Crippen LogP contribution in [0, 0.1) is 6.92 Å². The summed E-state index contributed by atoms with van der Waals surface area (Å²) in [5.41, 5.74) is 3.70. The molecule has 0 saturated heterocycles. The average molecular weight is 373 g/mol. The zero-order chi connectivity index (χ0) is 19.5. The fourth-order valence-corrected chi connectivity index (χ4v) is 3.40.